The van der Waals surface area contributed by atoms with Crippen molar-refractivity contribution in [3.63, 3.8) is 0 Å². The molecular weight excluding hydrogens is 458 g/mol. The zero-order chi connectivity index (χ0) is 25.3. The Morgan fingerprint density at radius 3 is 2.54 bits per heavy atom. The smallest absolute Gasteiger partial charge is 0.308 e. The van der Waals surface area contributed by atoms with Crippen molar-refractivity contribution in [2.75, 3.05) is 0 Å². The van der Waals surface area contributed by atoms with Crippen LogP contribution in [0.4, 0.5) is 0 Å². The number of rotatable bonds is 6. The number of ether oxygens (including phenoxy) is 1. The number of aromatic nitrogens is 3. The van der Waals surface area contributed by atoms with Gasteiger partial charge in [0.15, 0.2) is 5.82 Å². The highest BCUT2D eigenvalue weighted by Crippen LogP contribution is 2.39. The van der Waals surface area contributed by atoms with Gasteiger partial charge in [-0.2, -0.15) is 0 Å². The average molecular weight is 492 g/mol. The minimum absolute atomic E-state index is 0.0926. The predicted octanol–water partition coefficient (Wildman–Crippen LogP) is 5.28. The minimum Gasteiger partial charge on any atom is -0.460 e. The fraction of sp³-hybridized carbons (Fsp3) is 0.407. The largest absolute Gasteiger partial charge is 0.460 e. The summed E-state index contributed by atoms with van der Waals surface area (Å²) in [5, 5.41) is 9.84. The highest BCUT2D eigenvalue weighted by atomic mass is 32.1. The van der Waals surface area contributed by atoms with Gasteiger partial charge in [-0.05, 0) is 71.7 Å². The molecule has 0 radical (unpaired) electrons. The number of aliphatic imine (C=N–C) groups is 1. The van der Waals surface area contributed by atoms with Gasteiger partial charge in [-0.25, -0.2) is 0 Å². The van der Waals surface area contributed by atoms with Gasteiger partial charge >= 0.3 is 5.97 Å². The first-order chi connectivity index (χ1) is 16.6. The van der Waals surface area contributed by atoms with E-state index in [1.807, 2.05) is 33.8 Å². The van der Waals surface area contributed by atoms with E-state index in [-0.39, 0.29) is 12.4 Å². The molecule has 7 nitrogen and oxygen atoms in total. The molecule has 0 aliphatic carbocycles. The van der Waals surface area contributed by atoms with E-state index in [0.29, 0.717) is 5.82 Å². The number of allylic oxidation sites excluding steroid dienone is 1. The molecule has 0 saturated carbocycles. The Balaban J connectivity index is 1.82. The van der Waals surface area contributed by atoms with Gasteiger partial charge in [0.2, 0.25) is 0 Å². The van der Waals surface area contributed by atoms with Crippen LogP contribution >= 0.6 is 11.3 Å². The number of esters is 1. The predicted molar refractivity (Wildman–Crippen MR) is 140 cm³/mol. The molecule has 35 heavy (non-hydrogen) atoms. The highest BCUT2D eigenvalue weighted by Gasteiger charge is 2.33. The van der Waals surface area contributed by atoms with Crippen molar-refractivity contribution in [2.45, 2.75) is 72.4 Å². The molecule has 8 heteroatoms. The van der Waals surface area contributed by atoms with Crippen molar-refractivity contribution in [1.29, 1.82) is 0 Å². The van der Waals surface area contributed by atoms with Crippen molar-refractivity contribution in [3.8, 4) is 5.00 Å². The first-order valence-electron chi connectivity index (χ1n) is 11.9. The average Bonchev–Trinajstić information content (AvgIpc) is 3.25. The SMILES string of the molecule is Cc1sc2c(c1C)C(c1ccc(CC/C=C\N)cc1)=N[C@@H](CC(=O)OC(C)(C)C)c1nnc(C)n1-2. The molecular formula is C27H33N5O2S. The Bertz CT molecular complexity index is 1290. The number of thiophene rings is 1. The molecule has 1 aliphatic rings. The Hall–Kier alpha value is -3.26. The summed E-state index contributed by atoms with van der Waals surface area (Å²) < 4.78 is 7.69. The molecule has 0 unspecified atom stereocenters. The Morgan fingerprint density at radius 1 is 1.17 bits per heavy atom. The van der Waals surface area contributed by atoms with Crippen LogP contribution in [0.3, 0.4) is 0 Å². The molecule has 0 amide bonds. The number of fused-ring (bicyclic) bond motifs is 3. The van der Waals surface area contributed by atoms with Gasteiger partial charge in [-0.1, -0.05) is 30.3 Å². The van der Waals surface area contributed by atoms with Crippen molar-refractivity contribution in [3.05, 3.63) is 75.3 Å². The summed E-state index contributed by atoms with van der Waals surface area (Å²) in [7, 11) is 0. The van der Waals surface area contributed by atoms with E-state index in [1.165, 1.54) is 16.0 Å². The maximum Gasteiger partial charge on any atom is 0.308 e. The fourth-order valence-corrected chi connectivity index (χ4v) is 5.46. The zero-order valence-electron chi connectivity index (χ0n) is 21.3. The summed E-state index contributed by atoms with van der Waals surface area (Å²) in [6.07, 6.45) is 5.46. The third-order valence-corrected chi connectivity index (χ3v) is 7.18. The number of carbonyl (C=O) groups excluding carboxylic acids is 1. The second-order valence-electron chi connectivity index (χ2n) is 9.85. The van der Waals surface area contributed by atoms with Crippen LogP contribution in [-0.4, -0.2) is 32.0 Å². The highest BCUT2D eigenvalue weighted by molar-refractivity contribution is 7.15. The van der Waals surface area contributed by atoms with Gasteiger partial charge in [0.05, 0.1) is 12.1 Å². The van der Waals surface area contributed by atoms with Crippen molar-refractivity contribution in [1.82, 2.24) is 14.8 Å². The minimum atomic E-state index is -0.570. The number of nitrogens with two attached hydrogens (primary N) is 1. The van der Waals surface area contributed by atoms with Crippen LogP contribution in [0.15, 0.2) is 41.5 Å². The van der Waals surface area contributed by atoms with Crippen molar-refractivity contribution in [2.24, 2.45) is 10.7 Å². The number of benzene rings is 1. The lowest BCUT2D eigenvalue weighted by atomic mass is 9.98. The van der Waals surface area contributed by atoms with E-state index >= 15 is 0 Å². The summed E-state index contributed by atoms with van der Waals surface area (Å²) in [4.78, 5) is 19.2. The first kappa shape index (κ1) is 24.9. The van der Waals surface area contributed by atoms with Crippen molar-refractivity contribution < 1.29 is 9.53 Å². The lowest BCUT2D eigenvalue weighted by Crippen LogP contribution is -2.25. The molecule has 4 rings (SSSR count). The Morgan fingerprint density at radius 2 is 1.89 bits per heavy atom. The number of aryl methyl sites for hydroxylation is 3. The second kappa shape index (κ2) is 9.77. The van der Waals surface area contributed by atoms with Crippen LogP contribution < -0.4 is 5.73 Å². The molecule has 0 saturated heterocycles. The molecule has 0 bridgehead atoms. The third kappa shape index (κ3) is 5.22. The summed E-state index contributed by atoms with van der Waals surface area (Å²) in [5.74, 6) is 1.13. The summed E-state index contributed by atoms with van der Waals surface area (Å²) in [6.45, 7) is 11.8. The Kier molecular flexibility index (Phi) is 6.94. The van der Waals surface area contributed by atoms with Crippen LogP contribution in [0.25, 0.3) is 5.00 Å². The maximum atomic E-state index is 12.8. The molecule has 3 aromatic rings. The van der Waals surface area contributed by atoms with Gasteiger partial charge in [-0.15, -0.1) is 21.5 Å². The standard InChI is InChI=1S/C27H33N5O2S/c1-16-17(2)35-26-23(16)24(20-12-10-19(11-13-20)9-7-8-14-28)29-21(15-22(33)34-27(4,5)6)25-31-30-18(3)32(25)26/h8,10-14,21H,7,9,15,28H2,1-6H3/b14-8-/t21-/m0/s1. The molecule has 184 valence electrons. The van der Waals surface area contributed by atoms with Crippen molar-refractivity contribution >= 4 is 23.0 Å². The molecule has 2 N–H and O–H groups in total. The van der Waals surface area contributed by atoms with Crippen LogP contribution in [0.2, 0.25) is 0 Å². The van der Waals surface area contributed by atoms with Gasteiger partial charge in [0.1, 0.15) is 22.5 Å². The summed E-state index contributed by atoms with van der Waals surface area (Å²) >= 11 is 1.70. The summed E-state index contributed by atoms with van der Waals surface area (Å²) in [6, 6.07) is 7.99. The number of hydrogen-bond acceptors (Lipinski definition) is 7. The Labute approximate surface area is 210 Å². The van der Waals surface area contributed by atoms with Gasteiger partial charge in [0.25, 0.3) is 0 Å². The molecule has 1 atom stereocenters. The molecule has 0 spiro atoms. The van der Waals surface area contributed by atoms with E-state index in [2.05, 4.69) is 52.9 Å². The van der Waals surface area contributed by atoms with E-state index < -0.39 is 11.6 Å². The number of nitrogens with zero attached hydrogens (tertiary/aromatic N) is 4. The lowest BCUT2D eigenvalue weighted by Gasteiger charge is -2.21. The molecule has 1 aromatic carbocycles. The topological polar surface area (TPSA) is 95.4 Å². The molecule has 1 aliphatic heterocycles. The molecule has 3 heterocycles. The van der Waals surface area contributed by atoms with E-state index in [9.17, 15) is 4.79 Å². The van der Waals surface area contributed by atoms with E-state index in [4.69, 9.17) is 15.5 Å². The monoisotopic (exact) mass is 491 g/mol. The number of carbonyl (C=O) groups is 1. The van der Waals surface area contributed by atoms with E-state index in [0.717, 1.165) is 40.5 Å². The van der Waals surface area contributed by atoms with Gasteiger partial charge in [-0.3, -0.25) is 14.4 Å². The zero-order valence-corrected chi connectivity index (χ0v) is 22.1. The maximum absolute atomic E-state index is 12.8. The first-order valence-corrected chi connectivity index (χ1v) is 12.7. The molecule has 0 fully saturated rings. The van der Waals surface area contributed by atoms with Crippen LogP contribution in [-0.2, 0) is 16.0 Å². The van der Waals surface area contributed by atoms with Gasteiger partial charge < -0.3 is 10.5 Å². The quantitative estimate of drug-likeness (QED) is 0.473. The van der Waals surface area contributed by atoms with E-state index in [1.54, 1.807) is 17.5 Å². The van der Waals surface area contributed by atoms with Gasteiger partial charge in [0, 0.05) is 16.0 Å². The van der Waals surface area contributed by atoms with Crippen LogP contribution in [0, 0.1) is 20.8 Å². The van der Waals surface area contributed by atoms with Crippen LogP contribution in [0.5, 0.6) is 0 Å². The molecule has 2 aromatic heterocycles. The second-order valence-corrected chi connectivity index (χ2v) is 11.1. The third-order valence-electron chi connectivity index (χ3n) is 5.98. The number of hydrogen-bond donors (Lipinski definition) is 1. The summed E-state index contributed by atoms with van der Waals surface area (Å²) in [5.41, 5.74) is 10.3. The normalized spacial score (nSPS) is 15.5. The lowest BCUT2D eigenvalue weighted by molar-refractivity contribution is -0.155. The van der Waals surface area contributed by atoms with Crippen LogP contribution in [0.1, 0.15) is 78.4 Å². The fourth-order valence-electron chi connectivity index (χ4n) is 4.24.